The number of nitrogens with one attached hydrogen (secondary N) is 1. The number of sulfonamides is 1. The first-order chi connectivity index (χ1) is 15.3. The van der Waals surface area contributed by atoms with Crippen LogP contribution in [0.3, 0.4) is 0 Å². The summed E-state index contributed by atoms with van der Waals surface area (Å²) in [6.07, 6.45) is 6.84. The van der Waals surface area contributed by atoms with Crippen molar-refractivity contribution in [2.75, 3.05) is 19.7 Å². The monoisotopic (exact) mass is 463 g/mol. The number of ether oxygens (including phenoxy) is 1. The highest BCUT2D eigenvalue weighted by molar-refractivity contribution is 7.89. The third-order valence-electron chi connectivity index (χ3n) is 6.82. The van der Waals surface area contributed by atoms with Crippen LogP contribution >= 0.6 is 0 Å². The SMILES string of the molecule is NC1CCC(CC(=O)CN2CCCC[C@H](NS(=O)(=O)c3ccc4c(c3)CCO4)C2=O)CC1. The molecule has 9 heteroatoms. The highest BCUT2D eigenvalue weighted by Gasteiger charge is 2.33. The lowest BCUT2D eigenvalue weighted by Crippen LogP contribution is -2.48. The van der Waals surface area contributed by atoms with E-state index in [0.29, 0.717) is 44.1 Å². The van der Waals surface area contributed by atoms with Gasteiger partial charge in [0.05, 0.1) is 18.0 Å². The molecule has 0 aromatic heterocycles. The van der Waals surface area contributed by atoms with Gasteiger partial charge in [0.15, 0.2) is 5.78 Å². The fraction of sp³-hybridized carbons (Fsp3) is 0.652. The maximum Gasteiger partial charge on any atom is 0.241 e. The molecular weight excluding hydrogens is 430 g/mol. The number of benzene rings is 1. The Hall–Kier alpha value is -1.97. The Kier molecular flexibility index (Phi) is 7.17. The predicted octanol–water partition coefficient (Wildman–Crippen LogP) is 1.76. The van der Waals surface area contributed by atoms with E-state index in [2.05, 4.69) is 4.72 Å². The summed E-state index contributed by atoms with van der Waals surface area (Å²) in [5.41, 5.74) is 6.80. The van der Waals surface area contributed by atoms with Gasteiger partial charge in [-0.2, -0.15) is 4.72 Å². The topological polar surface area (TPSA) is 119 Å². The minimum Gasteiger partial charge on any atom is -0.493 e. The Bertz CT molecular complexity index is 956. The zero-order valence-electron chi connectivity index (χ0n) is 18.4. The van der Waals surface area contributed by atoms with Crippen LogP contribution < -0.4 is 15.2 Å². The van der Waals surface area contributed by atoms with Crippen LogP contribution in [0.4, 0.5) is 0 Å². The molecule has 3 N–H and O–H groups in total. The molecule has 4 rings (SSSR count). The molecule has 32 heavy (non-hydrogen) atoms. The van der Waals surface area contributed by atoms with Crippen LogP contribution in [0.5, 0.6) is 5.75 Å². The van der Waals surface area contributed by atoms with Crippen LogP contribution in [0.2, 0.25) is 0 Å². The van der Waals surface area contributed by atoms with E-state index in [0.717, 1.165) is 44.1 Å². The van der Waals surface area contributed by atoms with E-state index in [9.17, 15) is 18.0 Å². The third-order valence-corrected chi connectivity index (χ3v) is 8.29. The zero-order chi connectivity index (χ0) is 22.7. The maximum absolute atomic E-state index is 13.1. The average molecular weight is 464 g/mol. The zero-order valence-corrected chi connectivity index (χ0v) is 19.2. The van der Waals surface area contributed by atoms with Crippen molar-refractivity contribution in [1.82, 2.24) is 9.62 Å². The van der Waals surface area contributed by atoms with Crippen molar-refractivity contribution in [2.45, 2.75) is 74.8 Å². The smallest absolute Gasteiger partial charge is 0.241 e. The number of likely N-dealkylation sites (tertiary alicyclic amines) is 1. The average Bonchev–Trinajstić information content (AvgIpc) is 3.17. The van der Waals surface area contributed by atoms with Crippen molar-refractivity contribution in [3.63, 3.8) is 0 Å². The van der Waals surface area contributed by atoms with E-state index in [1.165, 1.54) is 11.0 Å². The molecule has 1 saturated carbocycles. The van der Waals surface area contributed by atoms with E-state index in [1.807, 2.05) is 0 Å². The quantitative estimate of drug-likeness (QED) is 0.636. The number of carbonyl (C=O) groups is 2. The molecule has 1 aromatic carbocycles. The van der Waals surface area contributed by atoms with Crippen molar-refractivity contribution >= 4 is 21.7 Å². The van der Waals surface area contributed by atoms with Crippen molar-refractivity contribution in [3.05, 3.63) is 23.8 Å². The van der Waals surface area contributed by atoms with Crippen LogP contribution in [-0.2, 0) is 26.0 Å². The van der Waals surface area contributed by atoms with E-state index in [1.54, 1.807) is 12.1 Å². The summed E-state index contributed by atoms with van der Waals surface area (Å²) < 4.78 is 34.0. The van der Waals surface area contributed by atoms with Gasteiger partial charge in [-0.05, 0) is 74.6 Å². The number of ketones is 1. The van der Waals surface area contributed by atoms with Crippen LogP contribution in [-0.4, -0.2) is 56.8 Å². The second-order valence-electron chi connectivity index (χ2n) is 9.32. The van der Waals surface area contributed by atoms with Crippen LogP contribution in [0.15, 0.2) is 23.1 Å². The Morgan fingerprint density at radius 2 is 1.94 bits per heavy atom. The van der Waals surface area contributed by atoms with E-state index in [4.69, 9.17) is 10.5 Å². The minimum absolute atomic E-state index is 0.0425. The largest absolute Gasteiger partial charge is 0.493 e. The molecular formula is C23H33N3O5S. The second-order valence-corrected chi connectivity index (χ2v) is 11.0. The first-order valence-electron chi connectivity index (χ1n) is 11.7. The maximum atomic E-state index is 13.1. The highest BCUT2D eigenvalue weighted by Crippen LogP contribution is 2.28. The molecule has 8 nitrogen and oxygen atoms in total. The van der Waals surface area contributed by atoms with Crippen LogP contribution in [0.25, 0.3) is 0 Å². The fourth-order valence-electron chi connectivity index (χ4n) is 4.95. The summed E-state index contributed by atoms with van der Waals surface area (Å²) in [5.74, 6) is 0.775. The molecule has 1 saturated heterocycles. The van der Waals surface area contributed by atoms with Gasteiger partial charge in [-0.15, -0.1) is 0 Å². The normalized spacial score (nSPS) is 26.3. The number of hydrogen-bond acceptors (Lipinski definition) is 6. The van der Waals surface area contributed by atoms with Gasteiger partial charge in [-0.25, -0.2) is 8.42 Å². The standard InChI is InChI=1S/C23H33N3O5S/c24-18-6-4-16(5-7-18)13-19(27)15-26-11-2-1-3-21(23(26)28)25-32(29,30)20-8-9-22-17(14-20)10-12-31-22/h8-9,14,16,18,21,25H,1-7,10-13,15,24H2/t16?,18?,21-/m0/s1. The first kappa shape index (κ1) is 23.2. The van der Waals surface area contributed by atoms with Gasteiger partial charge in [0.1, 0.15) is 11.8 Å². The fourth-order valence-corrected chi connectivity index (χ4v) is 6.22. The number of amides is 1. The van der Waals surface area contributed by atoms with Gasteiger partial charge in [0.2, 0.25) is 15.9 Å². The van der Waals surface area contributed by atoms with Gasteiger partial charge in [0, 0.05) is 25.4 Å². The van der Waals surface area contributed by atoms with E-state index < -0.39 is 16.1 Å². The van der Waals surface area contributed by atoms with E-state index >= 15 is 0 Å². The van der Waals surface area contributed by atoms with Gasteiger partial charge in [0.25, 0.3) is 0 Å². The molecule has 1 atom stereocenters. The van der Waals surface area contributed by atoms with Crippen molar-refractivity contribution in [1.29, 1.82) is 0 Å². The number of carbonyl (C=O) groups excluding carboxylic acids is 2. The lowest BCUT2D eigenvalue weighted by atomic mass is 9.83. The lowest BCUT2D eigenvalue weighted by Gasteiger charge is -2.27. The Morgan fingerprint density at radius 3 is 2.72 bits per heavy atom. The molecule has 0 radical (unpaired) electrons. The molecule has 1 aliphatic carbocycles. The van der Waals surface area contributed by atoms with Crippen molar-refractivity contribution < 1.29 is 22.7 Å². The summed E-state index contributed by atoms with van der Waals surface area (Å²) in [6, 6.07) is 4.16. The number of nitrogens with two attached hydrogens (primary N) is 1. The molecule has 2 heterocycles. The molecule has 2 aliphatic heterocycles. The number of rotatable bonds is 7. The van der Waals surface area contributed by atoms with Gasteiger partial charge >= 0.3 is 0 Å². The summed E-state index contributed by atoms with van der Waals surface area (Å²) in [7, 11) is -3.86. The summed E-state index contributed by atoms with van der Waals surface area (Å²) in [5, 5.41) is 0. The summed E-state index contributed by atoms with van der Waals surface area (Å²) in [4.78, 5) is 27.5. The Labute approximate surface area is 189 Å². The molecule has 0 spiro atoms. The number of Topliss-reactive ketones (excluding diaryl/α,β-unsaturated/α-hetero) is 1. The molecule has 2 fully saturated rings. The molecule has 176 valence electrons. The van der Waals surface area contributed by atoms with Gasteiger partial charge < -0.3 is 15.4 Å². The second kappa shape index (κ2) is 9.89. The predicted molar refractivity (Wildman–Crippen MR) is 120 cm³/mol. The highest BCUT2D eigenvalue weighted by atomic mass is 32.2. The molecule has 0 bridgehead atoms. The van der Waals surface area contributed by atoms with E-state index in [-0.39, 0.29) is 29.2 Å². The first-order valence-corrected chi connectivity index (χ1v) is 13.1. The number of nitrogens with zero attached hydrogens (tertiary/aromatic N) is 1. The van der Waals surface area contributed by atoms with Crippen LogP contribution in [0, 0.1) is 5.92 Å². The molecule has 3 aliphatic rings. The number of hydrogen-bond donors (Lipinski definition) is 2. The molecule has 1 amide bonds. The lowest BCUT2D eigenvalue weighted by molar-refractivity contribution is -0.136. The number of fused-ring (bicyclic) bond motifs is 1. The summed E-state index contributed by atoms with van der Waals surface area (Å²) >= 11 is 0. The van der Waals surface area contributed by atoms with Gasteiger partial charge in [-0.1, -0.05) is 0 Å². The molecule has 0 unspecified atom stereocenters. The van der Waals surface area contributed by atoms with Crippen molar-refractivity contribution in [3.8, 4) is 5.75 Å². The Balaban J connectivity index is 1.38. The van der Waals surface area contributed by atoms with Crippen LogP contribution in [0.1, 0.15) is 56.9 Å². The summed E-state index contributed by atoms with van der Waals surface area (Å²) in [6.45, 7) is 1.08. The van der Waals surface area contributed by atoms with Gasteiger partial charge in [-0.3, -0.25) is 9.59 Å². The Morgan fingerprint density at radius 1 is 1.16 bits per heavy atom. The van der Waals surface area contributed by atoms with Crippen molar-refractivity contribution in [2.24, 2.45) is 11.7 Å². The minimum atomic E-state index is -3.86. The third kappa shape index (κ3) is 5.50. The molecule has 1 aromatic rings.